The van der Waals surface area contributed by atoms with Gasteiger partial charge >= 0.3 is 0 Å². The molecule has 1 aromatic heterocycles. The van der Waals surface area contributed by atoms with Crippen molar-refractivity contribution in [1.29, 1.82) is 0 Å². The molecule has 166 valence electrons. The largest absolute Gasteiger partial charge is 0.303 e. The van der Waals surface area contributed by atoms with Crippen LogP contribution >= 0.6 is 0 Å². The van der Waals surface area contributed by atoms with E-state index >= 15 is 0 Å². The van der Waals surface area contributed by atoms with Crippen molar-refractivity contribution in [3.8, 4) is 11.3 Å². The van der Waals surface area contributed by atoms with Gasteiger partial charge in [0.1, 0.15) is 11.5 Å². The predicted molar refractivity (Wildman–Crippen MR) is 123 cm³/mol. The Morgan fingerprint density at radius 3 is 2.39 bits per heavy atom. The minimum absolute atomic E-state index is 0.185. The van der Waals surface area contributed by atoms with Crippen LogP contribution in [0.3, 0.4) is 0 Å². The van der Waals surface area contributed by atoms with Crippen LogP contribution in [0, 0.1) is 12.7 Å². The number of benzene rings is 2. The second kappa shape index (κ2) is 10.7. The minimum Gasteiger partial charge on any atom is -0.303 e. The van der Waals surface area contributed by atoms with Crippen molar-refractivity contribution in [3.63, 3.8) is 0 Å². The van der Waals surface area contributed by atoms with Crippen LogP contribution in [0.5, 0.6) is 0 Å². The lowest BCUT2D eigenvalue weighted by molar-refractivity contribution is 0.142. The van der Waals surface area contributed by atoms with Crippen molar-refractivity contribution in [1.82, 2.24) is 15.1 Å². The van der Waals surface area contributed by atoms with Gasteiger partial charge in [-0.05, 0) is 81.8 Å². The molecule has 0 saturated carbocycles. The van der Waals surface area contributed by atoms with Crippen molar-refractivity contribution in [2.45, 2.75) is 51.6 Å². The van der Waals surface area contributed by atoms with E-state index in [0.29, 0.717) is 12.3 Å². The van der Waals surface area contributed by atoms with Gasteiger partial charge in [-0.15, -0.1) is 0 Å². The predicted octanol–water partition coefficient (Wildman–Crippen LogP) is 6.53. The third kappa shape index (κ3) is 7.59. The molecule has 3 nitrogen and oxygen atoms in total. The van der Waals surface area contributed by atoms with Gasteiger partial charge in [-0.25, -0.2) is 8.78 Å². The lowest BCUT2D eigenvalue weighted by Crippen LogP contribution is -2.37. The highest BCUT2D eigenvalue weighted by molar-refractivity contribution is 5.58. The van der Waals surface area contributed by atoms with Gasteiger partial charge in [0, 0.05) is 19.3 Å². The number of H-pyrrole nitrogens is 1. The molecule has 1 aliphatic heterocycles. The van der Waals surface area contributed by atoms with E-state index in [-0.39, 0.29) is 5.82 Å². The number of aromatic nitrogens is 2. The number of aromatic amines is 1. The van der Waals surface area contributed by atoms with Gasteiger partial charge in [0.15, 0.2) is 0 Å². The lowest BCUT2D eigenvalue weighted by Gasteiger charge is -2.34. The molecule has 1 saturated heterocycles. The number of rotatable bonds is 5. The normalized spacial score (nSPS) is 17.1. The maximum atomic E-state index is 13.5. The molecule has 0 radical (unpaired) electrons. The molecule has 1 N–H and O–H groups in total. The molecule has 3 aromatic rings. The second-order valence-electron chi connectivity index (χ2n) is 9.00. The van der Waals surface area contributed by atoms with Crippen LogP contribution < -0.4 is 0 Å². The van der Waals surface area contributed by atoms with E-state index in [1.165, 1.54) is 28.8 Å². The number of nitrogens with one attached hydrogen (secondary N) is 1. The molecule has 1 unspecified atom stereocenters. The lowest BCUT2D eigenvalue weighted by atomic mass is 9.90. The van der Waals surface area contributed by atoms with Crippen LogP contribution in [0.1, 0.15) is 50.2 Å². The number of alkyl halides is 1. The van der Waals surface area contributed by atoms with Crippen LogP contribution in [0.15, 0.2) is 60.8 Å². The summed E-state index contributed by atoms with van der Waals surface area (Å²) in [5.74, 6) is 0.271. The molecule has 0 amide bonds. The minimum atomic E-state index is -1.09. The summed E-state index contributed by atoms with van der Waals surface area (Å²) in [6.45, 7) is 8.16. The van der Waals surface area contributed by atoms with E-state index in [0.717, 1.165) is 38.2 Å². The van der Waals surface area contributed by atoms with Gasteiger partial charge in [0.05, 0.1) is 5.69 Å². The summed E-state index contributed by atoms with van der Waals surface area (Å²) in [7, 11) is 0. The summed E-state index contributed by atoms with van der Waals surface area (Å²) in [5.41, 5.74) is 3.62. The average Bonchev–Trinajstić information content (AvgIpc) is 3.29. The number of likely N-dealkylation sites (tertiary alicyclic amines) is 1. The first-order valence-corrected chi connectivity index (χ1v) is 11.0. The first-order chi connectivity index (χ1) is 14.8. The summed E-state index contributed by atoms with van der Waals surface area (Å²) >= 11 is 0. The molecule has 1 atom stereocenters. The molecule has 0 bridgehead atoms. The topological polar surface area (TPSA) is 31.9 Å². The number of halogens is 2. The summed E-state index contributed by atoms with van der Waals surface area (Å²) in [6, 6.07) is 17.1. The molecule has 31 heavy (non-hydrogen) atoms. The highest BCUT2D eigenvalue weighted by Crippen LogP contribution is 2.28. The molecule has 1 fully saturated rings. The number of nitrogens with zero attached hydrogens (tertiary/aromatic N) is 2. The number of hydrogen-bond acceptors (Lipinski definition) is 2. The molecule has 1 aliphatic rings. The van der Waals surface area contributed by atoms with E-state index < -0.39 is 5.67 Å². The Hall–Kier alpha value is -2.53. The fraction of sp³-hybridized carbons (Fsp3) is 0.423. The van der Waals surface area contributed by atoms with E-state index in [4.69, 9.17) is 0 Å². The molecule has 2 aromatic carbocycles. The molecular weight excluding hydrogens is 392 g/mol. The van der Waals surface area contributed by atoms with Gasteiger partial charge in [0.25, 0.3) is 0 Å². The van der Waals surface area contributed by atoms with Gasteiger partial charge in [-0.1, -0.05) is 42.0 Å². The van der Waals surface area contributed by atoms with Crippen LogP contribution in [0.2, 0.25) is 0 Å². The summed E-state index contributed by atoms with van der Waals surface area (Å²) in [4.78, 5) is 2.33. The standard InChI is InChI=1S/C16H23F2N.C10H10N2/c1-16(2,18)9-11-19-10-3-4-14(12-19)13-5-7-15(17)8-6-13;1-8-2-4-9(5-3-8)10-6-7-11-12-10/h5-8,14H,3-4,9-12H2,1-2H3;2-7H,1H3,(H,11,12). The van der Waals surface area contributed by atoms with Crippen molar-refractivity contribution < 1.29 is 8.78 Å². The van der Waals surface area contributed by atoms with E-state index in [1.54, 1.807) is 20.0 Å². The Morgan fingerprint density at radius 2 is 1.77 bits per heavy atom. The first-order valence-electron chi connectivity index (χ1n) is 11.0. The Morgan fingerprint density at radius 1 is 1.06 bits per heavy atom. The third-order valence-corrected chi connectivity index (χ3v) is 5.73. The van der Waals surface area contributed by atoms with E-state index in [9.17, 15) is 8.78 Å². The van der Waals surface area contributed by atoms with Crippen molar-refractivity contribution in [2.75, 3.05) is 19.6 Å². The second-order valence-corrected chi connectivity index (χ2v) is 9.00. The SMILES string of the molecule is CC(C)(F)CCN1CCCC(c2ccc(F)cc2)C1.Cc1ccc(-c2ccn[nH]2)cc1. The van der Waals surface area contributed by atoms with Crippen LogP contribution in [-0.4, -0.2) is 40.4 Å². The average molecular weight is 426 g/mol. The molecule has 2 heterocycles. The Kier molecular flexibility index (Phi) is 7.97. The molecule has 0 spiro atoms. The fourth-order valence-corrected chi connectivity index (χ4v) is 3.84. The van der Waals surface area contributed by atoms with Crippen LogP contribution in [0.25, 0.3) is 11.3 Å². The number of hydrogen-bond donors (Lipinski definition) is 1. The van der Waals surface area contributed by atoms with Gasteiger partial charge in [0.2, 0.25) is 0 Å². The fourth-order valence-electron chi connectivity index (χ4n) is 3.84. The smallest absolute Gasteiger partial charge is 0.123 e. The maximum Gasteiger partial charge on any atom is 0.123 e. The van der Waals surface area contributed by atoms with Crippen LogP contribution in [-0.2, 0) is 0 Å². The Bertz CT molecular complexity index is 897. The van der Waals surface area contributed by atoms with Crippen molar-refractivity contribution in [2.24, 2.45) is 0 Å². The molecular formula is C26H33F2N3. The van der Waals surface area contributed by atoms with Gasteiger partial charge in [-0.3, -0.25) is 5.10 Å². The Labute approximate surface area is 184 Å². The zero-order chi connectivity index (χ0) is 22.3. The van der Waals surface area contributed by atoms with Crippen molar-refractivity contribution >= 4 is 0 Å². The quantitative estimate of drug-likeness (QED) is 0.504. The highest BCUT2D eigenvalue weighted by atomic mass is 19.1. The molecule has 0 aliphatic carbocycles. The van der Waals surface area contributed by atoms with Gasteiger partial charge < -0.3 is 4.90 Å². The number of aryl methyl sites for hydroxylation is 1. The maximum absolute atomic E-state index is 13.5. The monoisotopic (exact) mass is 425 g/mol. The van der Waals surface area contributed by atoms with E-state index in [1.807, 2.05) is 18.2 Å². The summed E-state index contributed by atoms with van der Waals surface area (Å²) in [6.07, 6.45) is 4.61. The number of piperidine rings is 1. The highest BCUT2D eigenvalue weighted by Gasteiger charge is 2.23. The van der Waals surface area contributed by atoms with Crippen molar-refractivity contribution in [3.05, 3.63) is 77.7 Å². The van der Waals surface area contributed by atoms with E-state index in [2.05, 4.69) is 46.3 Å². The third-order valence-electron chi connectivity index (χ3n) is 5.73. The zero-order valence-electron chi connectivity index (χ0n) is 18.7. The van der Waals surface area contributed by atoms with Crippen LogP contribution in [0.4, 0.5) is 8.78 Å². The summed E-state index contributed by atoms with van der Waals surface area (Å²) < 4.78 is 26.5. The molecule has 4 rings (SSSR count). The van der Waals surface area contributed by atoms with Gasteiger partial charge in [-0.2, -0.15) is 5.10 Å². The molecule has 5 heteroatoms. The Balaban J connectivity index is 0.000000194. The zero-order valence-corrected chi connectivity index (χ0v) is 18.7. The first kappa shape index (κ1) is 23.1. The summed E-state index contributed by atoms with van der Waals surface area (Å²) in [5, 5.41) is 6.82.